The fourth-order valence-electron chi connectivity index (χ4n) is 3.27. The molecule has 160 valence electrons. The Balaban J connectivity index is 1.62. The Bertz CT molecular complexity index is 1410. The molecule has 1 amide bonds. The Morgan fingerprint density at radius 3 is 2.55 bits per heavy atom. The Morgan fingerprint density at radius 2 is 1.87 bits per heavy atom. The number of hydrogen-bond acceptors (Lipinski definition) is 5. The van der Waals surface area contributed by atoms with Gasteiger partial charge in [-0.05, 0) is 55.3 Å². The van der Waals surface area contributed by atoms with Crippen LogP contribution in [0.25, 0.3) is 10.2 Å². The van der Waals surface area contributed by atoms with E-state index in [0.717, 1.165) is 21.5 Å². The Labute approximate surface area is 182 Å². The number of thiophene rings is 1. The number of amides is 1. The number of anilines is 1. The van der Waals surface area contributed by atoms with Crippen molar-refractivity contribution in [1.29, 1.82) is 0 Å². The molecule has 0 fully saturated rings. The quantitative estimate of drug-likeness (QED) is 0.474. The highest BCUT2D eigenvalue weighted by atomic mass is 32.2. The van der Waals surface area contributed by atoms with Crippen molar-refractivity contribution in [2.75, 3.05) is 5.32 Å². The third-order valence-electron chi connectivity index (χ3n) is 4.83. The van der Waals surface area contributed by atoms with E-state index < -0.39 is 10.0 Å². The molecule has 2 aromatic heterocycles. The van der Waals surface area contributed by atoms with Crippen LogP contribution in [0.5, 0.6) is 0 Å². The smallest absolute Gasteiger partial charge is 0.265 e. The molecule has 0 aliphatic carbocycles. The highest BCUT2D eigenvalue weighted by Gasteiger charge is 2.18. The summed E-state index contributed by atoms with van der Waals surface area (Å²) in [6, 6.07) is 12.5. The maximum Gasteiger partial charge on any atom is 0.265 e. The second-order valence-corrected chi connectivity index (χ2v) is 9.74. The maximum atomic E-state index is 13.2. The zero-order valence-corrected chi connectivity index (χ0v) is 18.3. The Kier molecular flexibility index (Phi) is 5.38. The van der Waals surface area contributed by atoms with Crippen LogP contribution in [0.1, 0.15) is 26.5 Å². The number of benzene rings is 2. The molecule has 10 heteroatoms. The Hall–Kier alpha value is -3.08. The summed E-state index contributed by atoms with van der Waals surface area (Å²) in [4.78, 5) is 14.0. The van der Waals surface area contributed by atoms with E-state index in [0.29, 0.717) is 22.7 Å². The van der Waals surface area contributed by atoms with Gasteiger partial charge in [-0.3, -0.25) is 9.48 Å². The summed E-state index contributed by atoms with van der Waals surface area (Å²) in [5, 5.41) is 13.3. The monoisotopic (exact) mass is 458 g/mol. The summed E-state index contributed by atoms with van der Waals surface area (Å²) in [6.45, 7) is 3.94. The Morgan fingerprint density at radius 1 is 1.16 bits per heavy atom. The largest absolute Gasteiger partial charge is 0.321 e. The van der Waals surface area contributed by atoms with Crippen LogP contribution in [0.15, 0.2) is 53.4 Å². The number of nitrogens with zero attached hydrogens (tertiary/aromatic N) is 2. The van der Waals surface area contributed by atoms with Gasteiger partial charge in [-0.2, -0.15) is 5.10 Å². The van der Waals surface area contributed by atoms with Gasteiger partial charge in [-0.1, -0.05) is 18.2 Å². The van der Waals surface area contributed by atoms with Crippen LogP contribution in [0, 0.1) is 19.7 Å². The van der Waals surface area contributed by atoms with Crippen molar-refractivity contribution in [1.82, 2.24) is 9.78 Å². The molecule has 0 spiro atoms. The predicted molar refractivity (Wildman–Crippen MR) is 118 cm³/mol. The van der Waals surface area contributed by atoms with Gasteiger partial charge in [0.05, 0.1) is 22.0 Å². The third kappa shape index (κ3) is 4.36. The van der Waals surface area contributed by atoms with Gasteiger partial charge in [-0.15, -0.1) is 11.3 Å². The van der Waals surface area contributed by atoms with E-state index >= 15 is 0 Å². The average Bonchev–Trinajstić information content (AvgIpc) is 3.26. The molecule has 0 unspecified atom stereocenters. The number of sulfonamides is 1. The lowest BCUT2D eigenvalue weighted by atomic mass is 10.2. The normalized spacial score (nSPS) is 11.7. The van der Waals surface area contributed by atoms with Crippen LogP contribution in [0.2, 0.25) is 0 Å². The second-order valence-electron chi connectivity index (χ2n) is 7.18. The summed E-state index contributed by atoms with van der Waals surface area (Å²) in [5.74, 6) is -0.666. The van der Waals surface area contributed by atoms with Gasteiger partial charge >= 0.3 is 0 Å². The minimum Gasteiger partial charge on any atom is -0.321 e. The number of halogens is 1. The van der Waals surface area contributed by atoms with Crippen LogP contribution >= 0.6 is 11.3 Å². The van der Waals surface area contributed by atoms with Crippen LogP contribution < -0.4 is 10.5 Å². The van der Waals surface area contributed by atoms with Crippen LogP contribution in [-0.4, -0.2) is 24.1 Å². The van der Waals surface area contributed by atoms with E-state index in [1.165, 1.54) is 29.5 Å². The van der Waals surface area contributed by atoms with Gasteiger partial charge in [0.25, 0.3) is 5.91 Å². The van der Waals surface area contributed by atoms with E-state index in [1.807, 2.05) is 6.92 Å². The maximum absolute atomic E-state index is 13.2. The standard InChI is InChI=1S/C21H19FN4O3S2/c1-12-3-8-16(9-19(12)31(23,28)29)24-20(27)18-10-17-13(2)25-26(21(17)30-18)11-14-4-6-15(22)7-5-14/h3-10H,11H2,1-2H3,(H,24,27)(H2,23,28,29). The van der Waals surface area contributed by atoms with E-state index in [2.05, 4.69) is 10.4 Å². The van der Waals surface area contributed by atoms with Crippen LogP contribution in [-0.2, 0) is 16.6 Å². The van der Waals surface area contributed by atoms with Gasteiger partial charge in [0, 0.05) is 11.1 Å². The number of primary sulfonamides is 1. The molecule has 3 N–H and O–H groups in total. The first-order valence-electron chi connectivity index (χ1n) is 9.28. The van der Waals surface area contributed by atoms with Crippen LogP contribution in [0.3, 0.4) is 0 Å². The van der Waals surface area contributed by atoms with Gasteiger partial charge in [-0.25, -0.2) is 17.9 Å². The molecule has 2 heterocycles. The fourth-order valence-corrected chi connectivity index (χ4v) is 5.14. The van der Waals surface area contributed by atoms with Crippen molar-refractivity contribution in [3.8, 4) is 0 Å². The molecule has 2 aromatic carbocycles. The summed E-state index contributed by atoms with van der Waals surface area (Å²) in [7, 11) is -3.90. The molecule has 0 bridgehead atoms. The molecular formula is C21H19FN4O3S2. The van der Waals surface area contributed by atoms with Gasteiger partial charge in [0.1, 0.15) is 10.6 Å². The summed E-state index contributed by atoms with van der Waals surface area (Å²) >= 11 is 1.28. The lowest BCUT2D eigenvalue weighted by molar-refractivity contribution is 0.103. The number of nitrogens with one attached hydrogen (secondary N) is 1. The van der Waals surface area contributed by atoms with Crippen LogP contribution in [0.4, 0.5) is 10.1 Å². The molecule has 0 saturated carbocycles. The minimum absolute atomic E-state index is 0.0348. The first-order chi connectivity index (χ1) is 14.6. The average molecular weight is 459 g/mol. The van der Waals surface area contributed by atoms with Gasteiger partial charge in [0.15, 0.2) is 0 Å². The number of fused-ring (bicyclic) bond motifs is 1. The number of aryl methyl sites for hydroxylation is 2. The number of nitrogens with two attached hydrogens (primary N) is 1. The van der Waals surface area contributed by atoms with Gasteiger partial charge in [0.2, 0.25) is 10.0 Å². The molecular weight excluding hydrogens is 439 g/mol. The van der Waals surface area contributed by atoms with Crippen molar-refractivity contribution in [2.24, 2.45) is 5.14 Å². The minimum atomic E-state index is -3.90. The molecule has 4 aromatic rings. The molecule has 0 saturated heterocycles. The van der Waals surface area contributed by atoms with Crippen molar-refractivity contribution in [3.05, 3.63) is 76.0 Å². The zero-order valence-electron chi connectivity index (χ0n) is 16.7. The van der Waals surface area contributed by atoms with Crippen molar-refractivity contribution in [2.45, 2.75) is 25.3 Å². The first-order valence-corrected chi connectivity index (χ1v) is 11.6. The van der Waals surface area contributed by atoms with Crippen molar-refractivity contribution in [3.63, 3.8) is 0 Å². The second kappa shape index (κ2) is 7.88. The number of hydrogen-bond donors (Lipinski definition) is 2. The highest BCUT2D eigenvalue weighted by Crippen LogP contribution is 2.30. The van der Waals surface area contributed by atoms with Gasteiger partial charge < -0.3 is 5.32 Å². The number of carbonyl (C=O) groups is 1. The predicted octanol–water partition coefficient (Wildman–Crippen LogP) is 3.80. The molecule has 0 aliphatic rings. The SMILES string of the molecule is Cc1ccc(NC(=O)c2cc3c(C)nn(Cc4ccc(F)cc4)c3s2)cc1S(N)(=O)=O. The highest BCUT2D eigenvalue weighted by molar-refractivity contribution is 7.89. The van der Waals surface area contributed by atoms with E-state index in [4.69, 9.17) is 5.14 Å². The first kappa shape index (κ1) is 21.2. The lowest BCUT2D eigenvalue weighted by Gasteiger charge is -2.08. The molecule has 0 aliphatic heterocycles. The molecule has 0 radical (unpaired) electrons. The topological polar surface area (TPSA) is 107 Å². The van der Waals surface area contributed by atoms with E-state index in [1.54, 1.807) is 41.9 Å². The fraction of sp³-hybridized carbons (Fsp3) is 0.143. The van der Waals surface area contributed by atoms with E-state index in [-0.39, 0.29) is 16.6 Å². The van der Waals surface area contributed by atoms with Crippen molar-refractivity contribution >= 4 is 43.2 Å². The summed E-state index contributed by atoms with van der Waals surface area (Å²) in [6.07, 6.45) is 0. The molecule has 4 rings (SSSR count). The third-order valence-corrected chi connectivity index (χ3v) is 7.03. The number of rotatable bonds is 5. The van der Waals surface area contributed by atoms with E-state index in [9.17, 15) is 17.6 Å². The zero-order chi connectivity index (χ0) is 22.3. The lowest BCUT2D eigenvalue weighted by Crippen LogP contribution is -2.15. The molecule has 7 nitrogen and oxygen atoms in total. The molecule has 31 heavy (non-hydrogen) atoms. The summed E-state index contributed by atoms with van der Waals surface area (Å²) in [5.41, 5.74) is 2.50. The number of aromatic nitrogens is 2. The summed E-state index contributed by atoms with van der Waals surface area (Å²) < 4.78 is 38.4. The van der Waals surface area contributed by atoms with Crippen molar-refractivity contribution < 1.29 is 17.6 Å². The number of carbonyl (C=O) groups excluding carboxylic acids is 1. The molecule has 0 atom stereocenters.